The van der Waals surface area contributed by atoms with E-state index < -0.39 is 23.5 Å². The van der Waals surface area contributed by atoms with Crippen LogP contribution in [0.5, 0.6) is 11.5 Å². The summed E-state index contributed by atoms with van der Waals surface area (Å²) in [5, 5.41) is 4.99. The summed E-state index contributed by atoms with van der Waals surface area (Å²) in [6, 6.07) is 8.87. The van der Waals surface area contributed by atoms with Crippen LogP contribution in [0.25, 0.3) is 11.3 Å². The van der Waals surface area contributed by atoms with Crippen LogP contribution in [0.1, 0.15) is 33.3 Å². The number of benzene rings is 2. The third-order valence-corrected chi connectivity index (χ3v) is 6.65. The minimum Gasteiger partial charge on any atom is -0.489 e. The highest BCUT2D eigenvalue weighted by Gasteiger charge is 2.31. The van der Waals surface area contributed by atoms with Gasteiger partial charge in [-0.2, -0.15) is 5.10 Å². The van der Waals surface area contributed by atoms with E-state index in [2.05, 4.69) is 16.4 Å². The lowest BCUT2D eigenvalue weighted by atomic mass is 10.0. The number of amides is 1. The van der Waals surface area contributed by atoms with E-state index in [4.69, 9.17) is 21.1 Å². The average Bonchev–Trinajstić information content (AvgIpc) is 3.32. The van der Waals surface area contributed by atoms with Gasteiger partial charge < -0.3 is 19.1 Å². The Bertz CT molecular complexity index is 1560. The number of fused-ring (bicyclic) bond motifs is 3. The molecule has 0 N–H and O–H groups in total. The standard InChI is InChI=1S/C30H28ClF2N3O5/c1-5-7-19(23(32)6-2)16-36(12-13-40-26-10-8-18(14-24(26)33)30(38)39-4)29(37)27-22-17-41-25-11-9-20(31)15-21(25)28(22)35(3)34-27/h5-11,14-15H,1,12-13,16-17H2,2-4H3/b19-7-,23-6+. The van der Waals surface area contributed by atoms with Gasteiger partial charge in [-0.15, -0.1) is 0 Å². The molecule has 0 atom stereocenters. The van der Waals surface area contributed by atoms with Crippen molar-refractivity contribution >= 4 is 23.5 Å². The van der Waals surface area contributed by atoms with Gasteiger partial charge in [-0.05, 0) is 43.3 Å². The van der Waals surface area contributed by atoms with Crippen LogP contribution in [0.3, 0.4) is 0 Å². The number of halogens is 3. The number of aromatic nitrogens is 2. The van der Waals surface area contributed by atoms with Crippen molar-refractivity contribution in [2.45, 2.75) is 13.5 Å². The summed E-state index contributed by atoms with van der Waals surface area (Å²) in [7, 11) is 2.91. The Hall–Kier alpha value is -4.44. The molecule has 3 aromatic rings. The van der Waals surface area contributed by atoms with E-state index in [0.29, 0.717) is 27.6 Å². The average molecular weight is 584 g/mol. The van der Waals surface area contributed by atoms with Crippen LogP contribution >= 0.6 is 11.6 Å². The van der Waals surface area contributed by atoms with Crippen molar-refractivity contribution in [1.29, 1.82) is 0 Å². The van der Waals surface area contributed by atoms with E-state index in [-0.39, 0.29) is 48.9 Å². The molecule has 1 aliphatic rings. The van der Waals surface area contributed by atoms with Crippen LogP contribution in [0.4, 0.5) is 8.78 Å². The molecule has 2 aromatic carbocycles. The summed E-state index contributed by atoms with van der Waals surface area (Å²) >= 11 is 6.22. The van der Waals surface area contributed by atoms with Crippen LogP contribution in [0, 0.1) is 5.82 Å². The van der Waals surface area contributed by atoms with Crippen molar-refractivity contribution < 1.29 is 32.6 Å². The van der Waals surface area contributed by atoms with E-state index in [1.165, 1.54) is 49.3 Å². The number of carbonyl (C=O) groups is 2. The molecule has 41 heavy (non-hydrogen) atoms. The molecule has 4 rings (SSSR count). The van der Waals surface area contributed by atoms with E-state index in [1.807, 2.05) is 0 Å². The zero-order valence-corrected chi connectivity index (χ0v) is 23.5. The topological polar surface area (TPSA) is 82.9 Å². The van der Waals surface area contributed by atoms with Crippen molar-refractivity contribution in [2.75, 3.05) is 26.8 Å². The Kier molecular flexibility index (Phi) is 9.24. The van der Waals surface area contributed by atoms with Gasteiger partial charge in [-0.25, -0.2) is 13.6 Å². The van der Waals surface area contributed by atoms with E-state index in [0.717, 1.165) is 6.07 Å². The normalized spacial score (nSPS) is 12.6. The first-order valence-corrected chi connectivity index (χ1v) is 13.0. The van der Waals surface area contributed by atoms with Gasteiger partial charge >= 0.3 is 5.97 Å². The van der Waals surface area contributed by atoms with E-state index >= 15 is 0 Å². The van der Waals surface area contributed by atoms with E-state index in [1.54, 1.807) is 29.9 Å². The molecule has 0 saturated heterocycles. The van der Waals surface area contributed by atoms with Gasteiger partial charge in [0.1, 0.15) is 24.8 Å². The molecule has 0 aliphatic carbocycles. The first-order chi connectivity index (χ1) is 19.7. The maximum atomic E-state index is 14.7. The fourth-order valence-corrected chi connectivity index (χ4v) is 4.62. The summed E-state index contributed by atoms with van der Waals surface area (Å²) in [5.41, 5.74) is 2.30. The fraction of sp³-hybridized carbons (Fsp3) is 0.233. The zero-order chi connectivity index (χ0) is 29.7. The monoisotopic (exact) mass is 583 g/mol. The summed E-state index contributed by atoms with van der Waals surface area (Å²) in [4.78, 5) is 26.9. The quantitative estimate of drug-likeness (QED) is 0.213. The molecule has 214 valence electrons. The summed E-state index contributed by atoms with van der Waals surface area (Å²) in [5.74, 6) is -1.99. The predicted molar refractivity (Wildman–Crippen MR) is 150 cm³/mol. The molecule has 0 unspecified atom stereocenters. The molecule has 11 heteroatoms. The number of allylic oxidation sites excluding steroid dienone is 3. The molecule has 1 aliphatic heterocycles. The van der Waals surface area contributed by atoms with Gasteiger partial charge in [0.05, 0.1) is 24.9 Å². The van der Waals surface area contributed by atoms with Crippen molar-refractivity contribution in [3.63, 3.8) is 0 Å². The van der Waals surface area contributed by atoms with Crippen LogP contribution in [0.15, 0.2) is 72.6 Å². The third kappa shape index (κ3) is 6.33. The highest BCUT2D eigenvalue weighted by Crippen LogP contribution is 2.40. The van der Waals surface area contributed by atoms with Gasteiger partial charge in [0.15, 0.2) is 17.3 Å². The number of carbonyl (C=O) groups excluding carboxylic acids is 2. The molecule has 0 radical (unpaired) electrons. The molecule has 1 amide bonds. The third-order valence-electron chi connectivity index (χ3n) is 6.42. The second kappa shape index (κ2) is 12.8. The molecule has 0 spiro atoms. The zero-order valence-electron chi connectivity index (χ0n) is 22.7. The van der Waals surface area contributed by atoms with Crippen molar-refractivity contribution in [2.24, 2.45) is 7.05 Å². The number of aryl methyl sites for hydroxylation is 1. The number of hydrogen-bond donors (Lipinski definition) is 0. The lowest BCUT2D eigenvalue weighted by Crippen LogP contribution is -2.37. The molecular formula is C30H28ClF2N3O5. The van der Waals surface area contributed by atoms with Crippen molar-refractivity contribution in [3.05, 3.63) is 100 Å². The van der Waals surface area contributed by atoms with Gasteiger partial charge in [-0.3, -0.25) is 9.48 Å². The van der Waals surface area contributed by atoms with Crippen molar-refractivity contribution in [1.82, 2.24) is 14.7 Å². The number of hydrogen-bond acceptors (Lipinski definition) is 6. The summed E-state index contributed by atoms with van der Waals surface area (Å²) < 4.78 is 46.9. The SMILES string of the molecule is C=C/C=C(CN(CCOc1ccc(C(=O)OC)cc1F)C(=O)c1nn(C)c2c1COc1ccc(Cl)cc1-2)\C(F)=C/C. The van der Waals surface area contributed by atoms with Gasteiger partial charge in [0, 0.05) is 35.3 Å². The smallest absolute Gasteiger partial charge is 0.337 e. The molecule has 1 aromatic heterocycles. The largest absolute Gasteiger partial charge is 0.489 e. The van der Waals surface area contributed by atoms with Crippen LogP contribution in [0.2, 0.25) is 5.02 Å². The minimum atomic E-state index is -0.772. The Morgan fingerprint density at radius 2 is 2.05 bits per heavy atom. The Morgan fingerprint density at radius 1 is 1.27 bits per heavy atom. The molecule has 8 nitrogen and oxygen atoms in total. The molecule has 0 bridgehead atoms. The van der Waals surface area contributed by atoms with Crippen LogP contribution in [-0.2, 0) is 18.4 Å². The highest BCUT2D eigenvalue weighted by atomic mass is 35.5. The molecule has 0 saturated carbocycles. The van der Waals surface area contributed by atoms with Gasteiger partial charge in [0.2, 0.25) is 0 Å². The number of rotatable bonds is 10. The number of esters is 1. The number of nitrogens with zero attached hydrogens (tertiary/aromatic N) is 3. The summed E-state index contributed by atoms with van der Waals surface area (Å²) in [6.07, 6.45) is 4.17. The van der Waals surface area contributed by atoms with Crippen LogP contribution in [-0.4, -0.2) is 53.4 Å². The molecular weight excluding hydrogens is 556 g/mol. The van der Waals surface area contributed by atoms with Gasteiger partial charge in [0.25, 0.3) is 5.91 Å². The summed E-state index contributed by atoms with van der Waals surface area (Å²) in [6.45, 7) is 4.96. The first-order valence-electron chi connectivity index (χ1n) is 12.6. The minimum absolute atomic E-state index is 0.0280. The molecule has 0 fully saturated rings. The maximum Gasteiger partial charge on any atom is 0.337 e. The predicted octanol–water partition coefficient (Wildman–Crippen LogP) is 6.07. The number of ether oxygens (including phenoxy) is 3. The lowest BCUT2D eigenvalue weighted by molar-refractivity contribution is 0.0599. The Labute approximate surface area is 241 Å². The molecule has 2 heterocycles. The number of methoxy groups -OCH3 is 1. The first kappa shape index (κ1) is 29.5. The second-order valence-corrected chi connectivity index (χ2v) is 9.44. The van der Waals surface area contributed by atoms with Gasteiger partial charge in [-0.1, -0.05) is 36.4 Å². The van der Waals surface area contributed by atoms with Crippen molar-refractivity contribution in [3.8, 4) is 22.8 Å². The Morgan fingerprint density at radius 3 is 2.73 bits per heavy atom. The Balaban J connectivity index is 1.63. The maximum absolute atomic E-state index is 14.7. The lowest BCUT2D eigenvalue weighted by Gasteiger charge is -2.24. The van der Waals surface area contributed by atoms with E-state index in [9.17, 15) is 18.4 Å². The van der Waals surface area contributed by atoms with Crippen LogP contribution < -0.4 is 9.47 Å². The fourth-order valence-electron chi connectivity index (χ4n) is 4.45. The second-order valence-electron chi connectivity index (χ2n) is 9.00. The highest BCUT2D eigenvalue weighted by molar-refractivity contribution is 6.31.